The quantitative estimate of drug-likeness (QED) is 0.783. The molecule has 1 aliphatic carbocycles. The van der Waals surface area contributed by atoms with Crippen molar-refractivity contribution in [1.29, 1.82) is 0 Å². The maximum atomic E-state index is 12.1. The SMILES string of the molecule is O=C(O)CC1(NC(=O)N2CCCOCC2)CCC1. The molecule has 0 bridgehead atoms. The Hall–Kier alpha value is -1.30. The van der Waals surface area contributed by atoms with Crippen LogP contribution >= 0.6 is 0 Å². The Morgan fingerprint density at radius 1 is 1.22 bits per heavy atom. The first kappa shape index (κ1) is 13.1. The highest BCUT2D eigenvalue weighted by atomic mass is 16.5. The third-order valence-electron chi connectivity index (χ3n) is 3.68. The fourth-order valence-corrected chi connectivity index (χ4v) is 2.49. The third kappa shape index (κ3) is 3.13. The first-order valence-corrected chi connectivity index (χ1v) is 6.48. The molecule has 2 amide bonds. The molecule has 2 aliphatic rings. The van der Waals surface area contributed by atoms with Crippen LogP contribution in [-0.4, -0.2) is 53.8 Å². The van der Waals surface area contributed by atoms with Crippen LogP contribution in [-0.2, 0) is 9.53 Å². The van der Waals surface area contributed by atoms with Gasteiger partial charge in [0.2, 0.25) is 0 Å². The van der Waals surface area contributed by atoms with Gasteiger partial charge in [-0.15, -0.1) is 0 Å². The topological polar surface area (TPSA) is 78.9 Å². The summed E-state index contributed by atoms with van der Waals surface area (Å²) < 4.78 is 5.29. The maximum absolute atomic E-state index is 12.1. The van der Waals surface area contributed by atoms with E-state index in [1.54, 1.807) is 4.90 Å². The average molecular weight is 256 g/mol. The van der Waals surface area contributed by atoms with Gasteiger partial charge in [-0.25, -0.2) is 4.79 Å². The lowest BCUT2D eigenvalue weighted by Crippen LogP contribution is -2.58. The number of hydrogen-bond donors (Lipinski definition) is 2. The number of amides is 2. The molecule has 0 spiro atoms. The lowest BCUT2D eigenvalue weighted by Gasteiger charge is -2.42. The van der Waals surface area contributed by atoms with Crippen molar-refractivity contribution in [3.8, 4) is 0 Å². The molecule has 0 aromatic carbocycles. The number of urea groups is 1. The van der Waals surface area contributed by atoms with Gasteiger partial charge in [0.1, 0.15) is 0 Å². The van der Waals surface area contributed by atoms with E-state index in [4.69, 9.17) is 9.84 Å². The normalized spacial score (nSPS) is 22.8. The number of nitrogens with zero attached hydrogens (tertiary/aromatic N) is 1. The predicted octanol–water partition coefficient (Wildman–Crippen LogP) is 0.816. The molecule has 2 rings (SSSR count). The Morgan fingerprint density at radius 3 is 2.61 bits per heavy atom. The monoisotopic (exact) mass is 256 g/mol. The molecule has 0 unspecified atom stereocenters. The number of nitrogens with one attached hydrogen (secondary N) is 1. The second kappa shape index (κ2) is 5.56. The molecule has 0 atom stereocenters. The smallest absolute Gasteiger partial charge is 0.317 e. The van der Waals surface area contributed by atoms with Crippen LogP contribution in [0.4, 0.5) is 4.79 Å². The van der Waals surface area contributed by atoms with Crippen molar-refractivity contribution in [3.63, 3.8) is 0 Å². The highest BCUT2D eigenvalue weighted by Crippen LogP contribution is 2.35. The molecule has 1 aliphatic heterocycles. The van der Waals surface area contributed by atoms with E-state index in [1.165, 1.54) is 0 Å². The van der Waals surface area contributed by atoms with Gasteiger partial charge in [-0.05, 0) is 25.7 Å². The highest BCUT2D eigenvalue weighted by molar-refractivity contribution is 5.77. The summed E-state index contributed by atoms with van der Waals surface area (Å²) in [5, 5.41) is 11.8. The van der Waals surface area contributed by atoms with Crippen molar-refractivity contribution in [1.82, 2.24) is 10.2 Å². The van der Waals surface area contributed by atoms with Crippen molar-refractivity contribution in [2.75, 3.05) is 26.3 Å². The van der Waals surface area contributed by atoms with E-state index in [0.717, 1.165) is 25.7 Å². The van der Waals surface area contributed by atoms with Gasteiger partial charge in [0.05, 0.1) is 18.6 Å². The number of ether oxygens (including phenoxy) is 1. The summed E-state index contributed by atoms with van der Waals surface area (Å²) in [6.07, 6.45) is 3.35. The second-order valence-electron chi connectivity index (χ2n) is 5.09. The summed E-state index contributed by atoms with van der Waals surface area (Å²) in [6.45, 7) is 2.49. The van der Waals surface area contributed by atoms with E-state index in [1.807, 2.05) is 0 Å². The molecule has 0 aromatic rings. The lowest BCUT2D eigenvalue weighted by atomic mass is 9.74. The number of aliphatic carboxylic acids is 1. The Kier molecular flexibility index (Phi) is 4.06. The third-order valence-corrected chi connectivity index (χ3v) is 3.68. The van der Waals surface area contributed by atoms with Gasteiger partial charge in [0.25, 0.3) is 0 Å². The zero-order valence-corrected chi connectivity index (χ0v) is 10.5. The molecule has 18 heavy (non-hydrogen) atoms. The van der Waals surface area contributed by atoms with Gasteiger partial charge in [-0.3, -0.25) is 4.79 Å². The largest absolute Gasteiger partial charge is 0.481 e. The number of hydrogen-bond acceptors (Lipinski definition) is 3. The van der Waals surface area contributed by atoms with E-state index in [9.17, 15) is 9.59 Å². The van der Waals surface area contributed by atoms with Gasteiger partial charge in [-0.1, -0.05) is 0 Å². The van der Waals surface area contributed by atoms with Crippen LogP contribution in [0.25, 0.3) is 0 Å². The maximum Gasteiger partial charge on any atom is 0.317 e. The van der Waals surface area contributed by atoms with Gasteiger partial charge in [-0.2, -0.15) is 0 Å². The Balaban J connectivity index is 1.90. The first-order chi connectivity index (χ1) is 8.61. The van der Waals surface area contributed by atoms with Crippen LogP contribution in [0.3, 0.4) is 0 Å². The first-order valence-electron chi connectivity index (χ1n) is 6.48. The van der Waals surface area contributed by atoms with E-state index < -0.39 is 11.5 Å². The van der Waals surface area contributed by atoms with Crippen LogP contribution in [0.5, 0.6) is 0 Å². The molecule has 6 nitrogen and oxygen atoms in total. The fraction of sp³-hybridized carbons (Fsp3) is 0.833. The molecular formula is C12H20N2O4. The Bertz CT molecular complexity index is 320. The number of carbonyl (C=O) groups is 2. The minimum atomic E-state index is -0.853. The van der Waals surface area contributed by atoms with Crippen molar-refractivity contribution in [2.45, 2.75) is 37.6 Å². The van der Waals surface area contributed by atoms with Crippen LogP contribution < -0.4 is 5.32 Å². The minimum Gasteiger partial charge on any atom is -0.481 e. The summed E-state index contributed by atoms with van der Waals surface area (Å²) in [7, 11) is 0. The van der Waals surface area contributed by atoms with Gasteiger partial charge < -0.3 is 20.1 Å². The fourth-order valence-electron chi connectivity index (χ4n) is 2.49. The van der Waals surface area contributed by atoms with Crippen LogP contribution in [0, 0.1) is 0 Å². The summed E-state index contributed by atoms with van der Waals surface area (Å²) in [6, 6.07) is -0.151. The van der Waals surface area contributed by atoms with Crippen molar-refractivity contribution >= 4 is 12.0 Å². The zero-order valence-electron chi connectivity index (χ0n) is 10.5. The van der Waals surface area contributed by atoms with Crippen molar-refractivity contribution in [2.24, 2.45) is 0 Å². The predicted molar refractivity (Wildman–Crippen MR) is 64.4 cm³/mol. The molecule has 0 radical (unpaired) electrons. The molecule has 1 saturated carbocycles. The molecule has 2 N–H and O–H groups in total. The minimum absolute atomic E-state index is 0.0169. The Labute approximate surface area is 106 Å². The van der Waals surface area contributed by atoms with E-state index >= 15 is 0 Å². The molecule has 0 aromatic heterocycles. The number of carboxylic acids is 1. The highest BCUT2D eigenvalue weighted by Gasteiger charge is 2.41. The zero-order chi connectivity index (χ0) is 13.0. The standard InChI is InChI=1S/C12H20N2O4/c15-10(16)9-12(3-1-4-12)13-11(17)14-5-2-7-18-8-6-14/h1-9H2,(H,13,17)(H,15,16). The lowest BCUT2D eigenvalue weighted by molar-refractivity contribution is -0.139. The van der Waals surface area contributed by atoms with Crippen LogP contribution in [0.2, 0.25) is 0 Å². The van der Waals surface area contributed by atoms with Gasteiger partial charge in [0, 0.05) is 19.7 Å². The number of carboxylic acid groups (broad SMARTS) is 1. The summed E-state index contributed by atoms with van der Waals surface area (Å²) in [5.41, 5.74) is -0.518. The molecule has 1 heterocycles. The second-order valence-corrected chi connectivity index (χ2v) is 5.09. The van der Waals surface area contributed by atoms with E-state index in [0.29, 0.717) is 26.3 Å². The summed E-state index contributed by atoms with van der Waals surface area (Å²) >= 11 is 0. The molecule has 2 fully saturated rings. The average Bonchev–Trinajstić information content (AvgIpc) is 2.53. The van der Waals surface area contributed by atoms with Crippen molar-refractivity contribution < 1.29 is 19.4 Å². The van der Waals surface area contributed by atoms with Crippen LogP contribution in [0.1, 0.15) is 32.1 Å². The Morgan fingerprint density at radius 2 is 2.00 bits per heavy atom. The van der Waals surface area contributed by atoms with Crippen LogP contribution in [0.15, 0.2) is 0 Å². The number of rotatable bonds is 3. The van der Waals surface area contributed by atoms with Gasteiger partial charge in [0.15, 0.2) is 0 Å². The number of carbonyl (C=O) groups excluding carboxylic acids is 1. The van der Waals surface area contributed by atoms with E-state index in [2.05, 4.69) is 5.32 Å². The summed E-state index contributed by atoms with van der Waals surface area (Å²) in [4.78, 5) is 24.7. The van der Waals surface area contributed by atoms with Crippen molar-refractivity contribution in [3.05, 3.63) is 0 Å². The summed E-state index contributed by atoms with van der Waals surface area (Å²) in [5.74, 6) is -0.853. The molecule has 1 saturated heterocycles. The van der Waals surface area contributed by atoms with E-state index in [-0.39, 0.29) is 12.5 Å². The molecular weight excluding hydrogens is 236 g/mol. The molecule has 6 heteroatoms. The van der Waals surface area contributed by atoms with Gasteiger partial charge >= 0.3 is 12.0 Å². The molecule has 102 valence electrons.